The molecule has 1 amide bonds. The Kier molecular flexibility index (Phi) is 5.04. The molecule has 0 fully saturated rings. The Morgan fingerprint density at radius 2 is 1.65 bits per heavy atom. The predicted octanol–water partition coefficient (Wildman–Crippen LogP) is 4.60. The van der Waals surface area contributed by atoms with Crippen molar-refractivity contribution in [3.8, 4) is 16.9 Å². The molecule has 6 heteroatoms. The molecule has 3 aromatic carbocycles. The smallest absolute Gasteiger partial charge is 0.254 e. The van der Waals surface area contributed by atoms with Gasteiger partial charge in [-0.15, -0.1) is 0 Å². The molecule has 0 radical (unpaired) electrons. The van der Waals surface area contributed by atoms with Crippen LogP contribution in [-0.4, -0.2) is 36.5 Å². The molecule has 0 saturated carbocycles. The number of carbonyl (C=O) groups is 1. The Bertz CT molecular complexity index is 1360. The summed E-state index contributed by atoms with van der Waals surface area (Å²) in [7, 11) is 3.51. The van der Waals surface area contributed by atoms with E-state index in [2.05, 4.69) is 24.3 Å². The van der Waals surface area contributed by atoms with Gasteiger partial charge in [-0.1, -0.05) is 30.3 Å². The third kappa shape index (κ3) is 3.29. The number of ether oxygens (including phenoxy) is 1. The maximum absolute atomic E-state index is 12.5. The van der Waals surface area contributed by atoms with Crippen molar-refractivity contribution >= 4 is 17.5 Å². The van der Waals surface area contributed by atoms with Gasteiger partial charge in [0.15, 0.2) is 0 Å². The van der Waals surface area contributed by atoms with Gasteiger partial charge in [-0.05, 0) is 72.9 Å². The average molecular weight is 453 g/mol. The number of hydrogen-bond acceptors (Lipinski definition) is 5. The molecule has 1 atom stereocenters. The van der Waals surface area contributed by atoms with Crippen LogP contribution in [0.5, 0.6) is 5.75 Å². The van der Waals surface area contributed by atoms with E-state index in [-0.39, 0.29) is 5.91 Å². The molecule has 6 nitrogen and oxygen atoms in total. The van der Waals surface area contributed by atoms with Crippen LogP contribution in [0.4, 0.5) is 0 Å². The molecular weight excluding hydrogens is 424 g/mol. The van der Waals surface area contributed by atoms with Crippen LogP contribution >= 0.6 is 0 Å². The van der Waals surface area contributed by atoms with Gasteiger partial charge < -0.3 is 15.4 Å². The standard InChI is InChI=1S/C28H28N4O2/c1-16-11-23(12-17(2)25(16)34-5)28(30-18(3)26(29)31-28)22-8-6-7-19(13-22)20-9-10-21-15-32(4)27(33)24(21)14-20/h6-14H,15H2,1-5H3,(H2,29,31). The second-order valence-electron chi connectivity index (χ2n) is 9.12. The summed E-state index contributed by atoms with van der Waals surface area (Å²) in [4.78, 5) is 24.1. The number of amidine groups is 1. The molecule has 34 heavy (non-hydrogen) atoms. The van der Waals surface area contributed by atoms with E-state index in [1.807, 2.05) is 58.2 Å². The summed E-state index contributed by atoms with van der Waals surface area (Å²) < 4.78 is 5.58. The van der Waals surface area contributed by atoms with Crippen LogP contribution < -0.4 is 10.5 Å². The number of hydrogen-bond donors (Lipinski definition) is 1. The molecule has 0 bridgehead atoms. The van der Waals surface area contributed by atoms with Crippen molar-refractivity contribution in [2.24, 2.45) is 15.7 Å². The number of fused-ring (bicyclic) bond motifs is 1. The zero-order valence-electron chi connectivity index (χ0n) is 20.1. The number of methoxy groups -OCH3 is 1. The van der Waals surface area contributed by atoms with Crippen LogP contribution in [0.1, 0.15) is 45.1 Å². The number of carbonyl (C=O) groups excluding carboxylic acids is 1. The Morgan fingerprint density at radius 3 is 2.29 bits per heavy atom. The van der Waals surface area contributed by atoms with Gasteiger partial charge in [-0.25, -0.2) is 9.98 Å². The van der Waals surface area contributed by atoms with Crippen molar-refractivity contribution in [1.82, 2.24) is 4.90 Å². The number of amides is 1. The summed E-state index contributed by atoms with van der Waals surface area (Å²) >= 11 is 0. The summed E-state index contributed by atoms with van der Waals surface area (Å²) in [5.74, 6) is 1.35. The van der Waals surface area contributed by atoms with E-state index < -0.39 is 5.66 Å². The first-order chi connectivity index (χ1) is 16.2. The molecule has 3 aromatic rings. The quantitative estimate of drug-likeness (QED) is 0.628. The summed E-state index contributed by atoms with van der Waals surface area (Å²) in [6.07, 6.45) is 0. The molecular formula is C28H28N4O2. The van der Waals surface area contributed by atoms with Crippen LogP contribution in [0.2, 0.25) is 0 Å². The van der Waals surface area contributed by atoms with Crippen molar-refractivity contribution < 1.29 is 9.53 Å². The lowest BCUT2D eigenvalue weighted by atomic mass is 9.88. The fraction of sp³-hybridized carbons (Fsp3) is 0.250. The molecule has 0 spiro atoms. The van der Waals surface area contributed by atoms with Gasteiger partial charge in [0.25, 0.3) is 5.91 Å². The highest BCUT2D eigenvalue weighted by molar-refractivity contribution is 6.41. The van der Waals surface area contributed by atoms with Crippen LogP contribution in [0.3, 0.4) is 0 Å². The van der Waals surface area contributed by atoms with Gasteiger partial charge in [-0.3, -0.25) is 4.79 Å². The maximum atomic E-state index is 12.5. The molecule has 0 aliphatic carbocycles. The van der Waals surface area contributed by atoms with Crippen LogP contribution in [-0.2, 0) is 12.2 Å². The van der Waals surface area contributed by atoms with E-state index in [9.17, 15) is 4.79 Å². The molecule has 0 aromatic heterocycles. The lowest BCUT2D eigenvalue weighted by molar-refractivity contribution is 0.0816. The van der Waals surface area contributed by atoms with E-state index in [4.69, 9.17) is 20.5 Å². The van der Waals surface area contributed by atoms with Crippen molar-refractivity contribution in [1.29, 1.82) is 0 Å². The minimum atomic E-state index is -0.973. The molecule has 2 aliphatic rings. The average Bonchev–Trinajstić information content (AvgIpc) is 3.29. The molecule has 5 rings (SSSR count). The van der Waals surface area contributed by atoms with Crippen molar-refractivity contribution in [3.05, 3.63) is 88.0 Å². The van der Waals surface area contributed by atoms with E-state index in [0.717, 1.165) is 50.3 Å². The number of nitrogens with zero attached hydrogens (tertiary/aromatic N) is 3. The van der Waals surface area contributed by atoms with Gasteiger partial charge >= 0.3 is 0 Å². The second-order valence-corrected chi connectivity index (χ2v) is 9.12. The third-order valence-corrected chi connectivity index (χ3v) is 6.74. The number of nitrogens with two attached hydrogens (primary N) is 1. The van der Waals surface area contributed by atoms with Crippen molar-refractivity contribution in [2.45, 2.75) is 33.0 Å². The van der Waals surface area contributed by atoms with Crippen molar-refractivity contribution in [2.75, 3.05) is 14.2 Å². The number of benzene rings is 3. The zero-order chi connectivity index (χ0) is 24.2. The predicted molar refractivity (Wildman–Crippen MR) is 136 cm³/mol. The van der Waals surface area contributed by atoms with E-state index >= 15 is 0 Å². The number of rotatable bonds is 4. The highest BCUT2D eigenvalue weighted by atomic mass is 16.5. The van der Waals surface area contributed by atoms with Gasteiger partial charge in [0.05, 0.1) is 12.8 Å². The summed E-state index contributed by atoms with van der Waals surface area (Å²) in [6.45, 7) is 6.58. The fourth-order valence-electron chi connectivity index (χ4n) is 5.02. The van der Waals surface area contributed by atoms with Crippen LogP contribution in [0.15, 0.2) is 64.6 Å². The number of aliphatic imine (C=N–C) groups is 2. The zero-order valence-corrected chi connectivity index (χ0v) is 20.1. The lowest BCUT2D eigenvalue weighted by Gasteiger charge is -2.26. The van der Waals surface area contributed by atoms with Crippen LogP contribution in [0.25, 0.3) is 11.1 Å². The van der Waals surface area contributed by atoms with E-state index in [0.29, 0.717) is 18.1 Å². The Morgan fingerprint density at radius 1 is 0.941 bits per heavy atom. The second kappa shape index (κ2) is 7.83. The fourth-order valence-corrected chi connectivity index (χ4v) is 5.02. The maximum Gasteiger partial charge on any atom is 0.254 e. The number of aryl methyl sites for hydroxylation is 2. The third-order valence-electron chi connectivity index (χ3n) is 6.74. The van der Waals surface area contributed by atoms with Crippen molar-refractivity contribution in [3.63, 3.8) is 0 Å². The lowest BCUT2D eigenvalue weighted by Crippen LogP contribution is -2.23. The summed E-state index contributed by atoms with van der Waals surface area (Å²) in [5.41, 5.74) is 13.7. The Balaban J connectivity index is 1.67. The normalized spacial score (nSPS) is 19.2. The minimum Gasteiger partial charge on any atom is -0.496 e. The SMILES string of the molecule is COc1c(C)cc(C2(c3cccc(-c4ccc5c(c4)C(=O)N(C)C5)c3)N=C(C)C(N)=N2)cc1C. The largest absolute Gasteiger partial charge is 0.496 e. The first-order valence-electron chi connectivity index (χ1n) is 11.3. The molecule has 172 valence electrons. The first-order valence-corrected chi connectivity index (χ1v) is 11.3. The van der Waals surface area contributed by atoms with Crippen LogP contribution in [0, 0.1) is 13.8 Å². The van der Waals surface area contributed by atoms with Gasteiger partial charge in [0.1, 0.15) is 11.6 Å². The highest BCUT2D eigenvalue weighted by Crippen LogP contribution is 2.42. The summed E-state index contributed by atoms with van der Waals surface area (Å²) in [5, 5.41) is 0. The molecule has 2 heterocycles. The van der Waals surface area contributed by atoms with Gasteiger partial charge in [0, 0.05) is 30.3 Å². The molecule has 2 aliphatic heterocycles. The highest BCUT2D eigenvalue weighted by Gasteiger charge is 2.39. The Hall–Kier alpha value is -3.93. The van der Waals surface area contributed by atoms with E-state index in [1.54, 1.807) is 12.0 Å². The van der Waals surface area contributed by atoms with Gasteiger partial charge in [-0.2, -0.15) is 0 Å². The monoisotopic (exact) mass is 452 g/mol. The Labute approximate surface area is 199 Å². The topological polar surface area (TPSA) is 80.3 Å². The molecule has 2 N–H and O–H groups in total. The first kappa shape index (κ1) is 21.9. The van der Waals surface area contributed by atoms with Gasteiger partial charge in [0.2, 0.25) is 5.66 Å². The molecule has 1 unspecified atom stereocenters. The summed E-state index contributed by atoms with van der Waals surface area (Å²) in [6, 6.07) is 18.4. The van der Waals surface area contributed by atoms with E-state index in [1.165, 1.54) is 0 Å². The molecule has 0 saturated heterocycles. The minimum absolute atomic E-state index is 0.0575.